The standard InChI is InChI=1S/C70H142O4/c1-6-10-14-18-22-26-30-34-38-42-46-50-54-58-62-67(68(72)66(5)71)70(74,65-61-57-53-49-45-41-37-33-29-25-21-17-13-9-4)69(73,63-59-55-51-47-43-39-35-31-27-23-19-15-11-7-2)64-60-56-52-48-44-40-36-32-28-24-20-16-12-8-3/h66-68,71-74H,6-65H2,1-5H3/t66-,67+,68-,70+/m0/s1. The zero-order valence-corrected chi connectivity index (χ0v) is 51.9. The fourth-order valence-electron chi connectivity index (χ4n) is 12.7. The summed E-state index contributed by atoms with van der Waals surface area (Å²) >= 11 is 0. The fraction of sp³-hybridized carbons (Fsp3) is 1.00. The molecule has 4 atom stereocenters. The summed E-state index contributed by atoms with van der Waals surface area (Å²) in [5, 5.41) is 49.9. The van der Waals surface area contributed by atoms with E-state index in [1.54, 1.807) is 6.92 Å². The van der Waals surface area contributed by atoms with E-state index in [-0.39, 0.29) is 0 Å². The molecule has 0 rings (SSSR count). The molecule has 74 heavy (non-hydrogen) atoms. The molecule has 0 aromatic heterocycles. The van der Waals surface area contributed by atoms with Gasteiger partial charge in [-0.15, -0.1) is 0 Å². The normalized spacial score (nSPS) is 14.2. The topological polar surface area (TPSA) is 80.9 Å². The molecule has 0 aliphatic heterocycles. The molecular formula is C70H142O4. The van der Waals surface area contributed by atoms with Crippen LogP contribution in [0.4, 0.5) is 0 Å². The van der Waals surface area contributed by atoms with Crippen LogP contribution < -0.4 is 0 Å². The van der Waals surface area contributed by atoms with Crippen LogP contribution in [0.5, 0.6) is 0 Å². The van der Waals surface area contributed by atoms with Crippen molar-refractivity contribution in [3.63, 3.8) is 0 Å². The number of rotatable bonds is 64. The van der Waals surface area contributed by atoms with E-state index in [9.17, 15) is 20.4 Å². The van der Waals surface area contributed by atoms with Crippen molar-refractivity contribution < 1.29 is 20.4 Å². The summed E-state index contributed by atoms with van der Waals surface area (Å²) in [5.41, 5.74) is -2.70. The molecule has 0 amide bonds. The van der Waals surface area contributed by atoms with Crippen molar-refractivity contribution >= 4 is 0 Å². The van der Waals surface area contributed by atoms with Gasteiger partial charge in [0, 0.05) is 5.92 Å². The Bertz CT molecular complexity index is 1010. The smallest absolute Gasteiger partial charge is 0.0986 e. The molecule has 0 aromatic rings. The summed E-state index contributed by atoms with van der Waals surface area (Å²) in [6.07, 6.45) is 73.0. The van der Waals surface area contributed by atoms with Gasteiger partial charge in [0.1, 0.15) is 0 Å². The summed E-state index contributed by atoms with van der Waals surface area (Å²) < 4.78 is 0. The highest BCUT2D eigenvalue weighted by molar-refractivity contribution is 5.06. The molecule has 0 aromatic carbocycles. The highest BCUT2D eigenvalue weighted by atomic mass is 16.4. The first-order valence-corrected chi connectivity index (χ1v) is 35.0. The minimum absolute atomic E-state index is 0.520. The van der Waals surface area contributed by atoms with Gasteiger partial charge in [-0.1, -0.05) is 387 Å². The van der Waals surface area contributed by atoms with Crippen LogP contribution in [0.3, 0.4) is 0 Å². The third kappa shape index (κ3) is 44.7. The average molecular weight is 1050 g/mol. The van der Waals surface area contributed by atoms with Crippen molar-refractivity contribution in [2.75, 3.05) is 0 Å². The van der Waals surface area contributed by atoms with Gasteiger partial charge < -0.3 is 20.4 Å². The zero-order valence-electron chi connectivity index (χ0n) is 51.9. The molecular weight excluding hydrogens is 905 g/mol. The van der Waals surface area contributed by atoms with Crippen LogP contribution in [0.1, 0.15) is 420 Å². The maximum absolute atomic E-state index is 13.5. The van der Waals surface area contributed by atoms with Gasteiger partial charge in [-0.05, 0) is 32.6 Å². The lowest BCUT2D eigenvalue weighted by Gasteiger charge is -2.51. The Morgan fingerprint density at radius 2 is 0.419 bits per heavy atom. The van der Waals surface area contributed by atoms with Gasteiger partial charge >= 0.3 is 0 Å². The van der Waals surface area contributed by atoms with Gasteiger partial charge in [-0.3, -0.25) is 0 Å². The molecule has 4 N–H and O–H groups in total. The molecule has 0 saturated carbocycles. The van der Waals surface area contributed by atoms with Gasteiger partial charge in [0.05, 0.1) is 23.4 Å². The minimum Gasteiger partial charge on any atom is -0.391 e. The highest BCUT2D eigenvalue weighted by Crippen LogP contribution is 2.46. The van der Waals surface area contributed by atoms with Crippen LogP contribution in [-0.2, 0) is 0 Å². The Morgan fingerprint density at radius 1 is 0.243 bits per heavy atom. The second-order valence-corrected chi connectivity index (χ2v) is 25.2. The van der Waals surface area contributed by atoms with E-state index in [2.05, 4.69) is 27.7 Å². The van der Waals surface area contributed by atoms with Crippen LogP contribution in [0.2, 0.25) is 0 Å². The molecule has 0 saturated heterocycles. The number of aliphatic hydroxyl groups is 4. The van der Waals surface area contributed by atoms with Gasteiger partial charge in [0.2, 0.25) is 0 Å². The van der Waals surface area contributed by atoms with Crippen LogP contribution >= 0.6 is 0 Å². The predicted octanol–water partition coefficient (Wildman–Crippen LogP) is 23.3. The Kier molecular flexibility index (Phi) is 57.4. The SMILES string of the molecule is CCCCCCCCCCCCCCCC[C@H]([C@@H](O)[C@H](C)O)[C@](O)(CCCCCCCCCCCCCCCC)C(O)(CCCCCCCCCCCCCCCC)CCCCCCCCCCCCCCCC. The third-order valence-electron chi connectivity index (χ3n) is 18.0. The van der Waals surface area contributed by atoms with Crippen molar-refractivity contribution in [3.05, 3.63) is 0 Å². The number of unbranched alkanes of at least 4 members (excludes halogenated alkanes) is 52. The molecule has 0 aliphatic carbocycles. The van der Waals surface area contributed by atoms with E-state index in [0.717, 1.165) is 51.4 Å². The molecule has 0 spiro atoms. The van der Waals surface area contributed by atoms with Gasteiger partial charge in [-0.2, -0.15) is 0 Å². The average Bonchev–Trinajstić information content (AvgIpc) is 3.39. The molecule has 0 aliphatic rings. The van der Waals surface area contributed by atoms with Gasteiger partial charge in [0.15, 0.2) is 0 Å². The molecule has 4 heteroatoms. The third-order valence-corrected chi connectivity index (χ3v) is 18.0. The van der Waals surface area contributed by atoms with Crippen molar-refractivity contribution in [1.82, 2.24) is 0 Å². The van der Waals surface area contributed by atoms with E-state index < -0.39 is 29.3 Å². The second kappa shape index (κ2) is 57.5. The highest BCUT2D eigenvalue weighted by Gasteiger charge is 2.54. The Hall–Kier alpha value is -0.160. The van der Waals surface area contributed by atoms with Crippen molar-refractivity contribution in [2.24, 2.45) is 5.92 Å². The zero-order chi connectivity index (χ0) is 54.2. The van der Waals surface area contributed by atoms with Gasteiger partial charge in [0.25, 0.3) is 0 Å². The first-order chi connectivity index (χ1) is 36.2. The van der Waals surface area contributed by atoms with E-state index in [1.807, 2.05) is 0 Å². The first kappa shape index (κ1) is 73.8. The first-order valence-electron chi connectivity index (χ1n) is 35.0. The van der Waals surface area contributed by atoms with Crippen LogP contribution in [-0.4, -0.2) is 43.8 Å². The number of hydrogen-bond donors (Lipinski definition) is 4. The molecule has 4 nitrogen and oxygen atoms in total. The van der Waals surface area contributed by atoms with Crippen molar-refractivity contribution in [1.29, 1.82) is 0 Å². The van der Waals surface area contributed by atoms with E-state index in [0.29, 0.717) is 25.7 Å². The molecule has 0 unspecified atom stereocenters. The van der Waals surface area contributed by atoms with Crippen molar-refractivity contribution in [2.45, 2.75) is 443 Å². The lowest BCUT2D eigenvalue weighted by molar-refractivity contribution is -0.221. The molecule has 0 bridgehead atoms. The maximum atomic E-state index is 13.5. The largest absolute Gasteiger partial charge is 0.391 e. The van der Waals surface area contributed by atoms with Gasteiger partial charge in [-0.25, -0.2) is 0 Å². The predicted molar refractivity (Wildman–Crippen MR) is 331 cm³/mol. The van der Waals surface area contributed by atoms with Crippen molar-refractivity contribution in [3.8, 4) is 0 Å². The van der Waals surface area contributed by atoms with Crippen LogP contribution in [0, 0.1) is 5.92 Å². The fourth-order valence-corrected chi connectivity index (χ4v) is 12.7. The molecule has 0 heterocycles. The summed E-state index contributed by atoms with van der Waals surface area (Å²) in [4.78, 5) is 0. The van der Waals surface area contributed by atoms with E-state index in [1.165, 1.54) is 308 Å². The lowest BCUT2D eigenvalue weighted by atomic mass is 9.63. The summed E-state index contributed by atoms with van der Waals surface area (Å²) in [6.45, 7) is 10.9. The summed E-state index contributed by atoms with van der Waals surface area (Å²) in [7, 11) is 0. The Labute approximate surface area is 467 Å². The molecule has 0 radical (unpaired) electrons. The summed E-state index contributed by atoms with van der Waals surface area (Å²) in [5.74, 6) is -0.537. The Balaban J connectivity index is 5.76. The molecule has 0 fully saturated rings. The van der Waals surface area contributed by atoms with Crippen LogP contribution in [0.15, 0.2) is 0 Å². The minimum atomic E-state index is -1.43. The quantitative estimate of drug-likeness (QED) is 0.0458. The molecule has 446 valence electrons. The maximum Gasteiger partial charge on any atom is 0.0986 e. The lowest BCUT2D eigenvalue weighted by Crippen LogP contribution is -2.62. The monoisotopic (exact) mass is 1050 g/mol. The Morgan fingerprint density at radius 3 is 0.622 bits per heavy atom. The summed E-state index contributed by atoms with van der Waals surface area (Å²) in [6, 6.07) is 0. The van der Waals surface area contributed by atoms with E-state index in [4.69, 9.17) is 0 Å². The van der Waals surface area contributed by atoms with E-state index >= 15 is 0 Å². The second-order valence-electron chi connectivity index (χ2n) is 25.2. The number of aliphatic hydroxyl groups excluding tert-OH is 2. The van der Waals surface area contributed by atoms with Crippen LogP contribution in [0.25, 0.3) is 0 Å². The number of hydrogen-bond acceptors (Lipinski definition) is 4.